The van der Waals surface area contributed by atoms with Crippen LogP contribution < -0.4 is 5.32 Å². The van der Waals surface area contributed by atoms with Crippen molar-refractivity contribution >= 4 is 0 Å². The van der Waals surface area contributed by atoms with Crippen LogP contribution in [0.15, 0.2) is 12.2 Å². The molecular formula is C17H34N2. The normalized spacial score (nSPS) is 16.7. The van der Waals surface area contributed by atoms with Gasteiger partial charge >= 0.3 is 0 Å². The van der Waals surface area contributed by atoms with Crippen LogP contribution in [0.2, 0.25) is 0 Å². The molecule has 112 valence electrons. The molecule has 0 spiro atoms. The molecule has 1 saturated carbocycles. The second-order valence-corrected chi connectivity index (χ2v) is 6.52. The quantitative estimate of drug-likeness (QED) is 0.477. The Balaban J connectivity index is 2.36. The topological polar surface area (TPSA) is 15.3 Å². The molecule has 0 aromatic carbocycles. The number of hydrogen-bond donors (Lipinski definition) is 1. The van der Waals surface area contributed by atoms with E-state index in [0.717, 1.165) is 31.6 Å². The van der Waals surface area contributed by atoms with E-state index in [-0.39, 0.29) is 0 Å². The van der Waals surface area contributed by atoms with Gasteiger partial charge in [-0.2, -0.15) is 0 Å². The Morgan fingerprint density at radius 1 is 1.32 bits per heavy atom. The van der Waals surface area contributed by atoms with E-state index in [1.165, 1.54) is 50.6 Å². The highest BCUT2D eigenvalue weighted by Crippen LogP contribution is 2.24. The van der Waals surface area contributed by atoms with Crippen LogP contribution in [0.5, 0.6) is 0 Å². The van der Waals surface area contributed by atoms with Crippen LogP contribution in [0.3, 0.4) is 0 Å². The van der Waals surface area contributed by atoms with Crippen LogP contribution in [0.1, 0.15) is 59.3 Å². The fourth-order valence-electron chi connectivity index (χ4n) is 2.87. The minimum absolute atomic E-state index is 0.801. The van der Waals surface area contributed by atoms with Crippen LogP contribution in [-0.2, 0) is 0 Å². The highest BCUT2D eigenvalue weighted by molar-refractivity contribution is 5.01. The first-order valence-electron chi connectivity index (χ1n) is 8.24. The van der Waals surface area contributed by atoms with Crippen LogP contribution in [0, 0.1) is 5.92 Å². The van der Waals surface area contributed by atoms with Crippen molar-refractivity contribution in [1.29, 1.82) is 0 Å². The van der Waals surface area contributed by atoms with Gasteiger partial charge in [-0.25, -0.2) is 0 Å². The molecular weight excluding hydrogens is 232 g/mol. The van der Waals surface area contributed by atoms with Gasteiger partial charge in [0.15, 0.2) is 0 Å². The number of rotatable bonds is 10. The molecule has 0 amide bonds. The summed E-state index contributed by atoms with van der Waals surface area (Å²) in [5.74, 6) is 0.801. The lowest BCUT2D eigenvalue weighted by Crippen LogP contribution is -2.37. The minimum Gasteiger partial charge on any atom is -0.313 e. The van der Waals surface area contributed by atoms with Gasteiger partial charge in [0.2, 0.25) is 0 Å². The molecule has 0 unspecified atom stereocenters. The third kappa shape index (κ3) is 7.12. The molecule has 1 rings (SSSR count). The van der Waals surface area contributed by atoms with Gasteiger partial charge in [0.1, 0.15) is 0 Å². The Morgan fingerprint density at radius 3 is 2.58 bits per heavy atom. The molecule has 0 radical (unpaired) electrons. The van der Waals surface area contributed by atoms with Gasteiger partial charge < -0.3 is 5.32 Å². The van der Waals surface area contributed by atoms with Gasteiger partial charge in [0, 0.05) is 19.1 Å². The molecule has 1 N–H and O–H groups in total. The molecule has 1 aliphatic carbocycles. The monoisotopic (exact) mass is 266 g/mol. The van der Waals surface area contributed by atoms with Crippen molar-refractivity contribution in [2.24, 2.45) is 5.92 Å². The van der Waals surface area contributed by atoms with Crippen molar-refractivity contribution in [3.05, 3.63) is 12.2 Å². The molecule has 1 aliphatic rings. The lowest BCUT2D eigenvalue weighted by Gasteiger charge is -2.30. The molecule has 0 aromatic rings. The van der Waals surface area contributed by atoms with Crippen molar-refractivity contribution in [2.45, 2.75) is 65.3 Å². The lowest BCUT2D eigenvalue weighted by atomic mass is 10.1. The maximum absolute atomic E-state index is 4.26. The number of nitrogens with zero attached hydrogens (tertiary/aromatic N) is 1. The van der Waals surface area contributed by atoms with Crippen molar-refractivity contribution in [1.82, 2.24) is 10.2 Å². The molecule has 0 saturated heterocycles. The first-order chi connectivity index (χ1) is 9.13. The Bertz CT molecular complexity index is 242. The lowest BCUT2D eigenvalue weighted by molar-refractivity contribution is 0.203. The average molecular weight is 266 g/mol. The van der Waals surface area contributed by atoms with Crippen LogP contribution >= 0.6 is 0 Å². The maximum Gasteiger partial charge on any atom is 0.0205 e. The molecule has 0 heterocycles. The van der Waals surface area contributed by atoms with E-state index in [0.29, 0.717) is 0 Å². The Morgan fingerprint density at radius 2 is 2.00 bits per heavy atom. The molecule has 0 aromatic heterocycles. The average Bonchev–Trinajstić information content (AvgIpc) is 2.88. The molecule has 19 heavy (non-hydrogen) atoms. The first-order valence-corrected chi connectivity index (χ1v) is 8.24. The van der Waals surface area contributed by atoms with E-state index in [2.05, 4.69) is 37.6 Å². The third-order valence-electron chi connectivity index (χ3n) is 4.06. The van der Waals surface area contributed by atoms with E-state index in [9.17, 15) is 0 Å². The van der Waals surface area contributed by atoms with Crippen LogP contribution in [0.4, 0.5) is 0 Å². The van der Waals surface area contributed by atoms with Gasteiger partial charge in [-0.05, 0) is 50.3 Å². The van der Waals surface area contributed by atoms with Gasteiger partial charge in [0.25, 0.3) is 0 Å². The van der Waals surface area contributed by atoms with Gasteiger partial charge in [-0.15, -0.1) is 0 Å². The smallest absolute Gasteiger partial charge is 0.0205 e. The second-order valence-electron chi connectivity index (χ2n) is 6.52. The molecule has 1 fully saturated rings. The van der Waals surface area contributed by atoms with E-state index in [1.807, 2.05) is 0 Å². The Kier molecular flexibility index (Phi) is 8.40. The van der Waals surface area contributed by atoms with Crippen molar-refractivity contribution < 1.29 is 0 Å². The molecule has 0 atom stereocenters. The second kappa shape index (κ2) is 9.55. The van der Waals surface area contributed by atoms with Crippen molar-refractivity contribution in [3.8, 4) is 0 Å². The Labute approximate surface area is 120 Å². The largest absolute Gasteiger partial charge is 0.313 e. The summed E-state index contributed by atoms with van der Waals surface area (Å²) in [5, 5.41) is 3.47. The summed E-state index contributed by atoms with van der Waals surface area (Å²) in [5.41, 5.74) is 1.35. The van der Waals surface area contributed by atoms with Crippen molar-refractivity contribution in [3.63, 3.8) is 0 Å². The van der Waals surface area contributed by atoms with Crippen LogP contribution in [0.25, 0.3) is 0 Å². The predicted octanol–water partition coefficient (Wildman–Crippen LogP) is 3.83. The van der Waals surface area contributed by atoms with E-state index in [4.69, 9.17) is 0 Å². The van der Waals surface area contributed by atoms with Gasteiger partial charge in [-0.3, -0.25) is 4.90 Å². The highest BCUT2D eigenvalue weighted by atomic mass is 15.2. The molecule has 2 heteroatoms. The van der Waals surface area contributed by atoms with Gasteiger partial charge in [0.05, 0.1) is 0 Å². The molecule has 2 nitrogen and oxygen atoms in total. The fraction of sp³-hybridized carbons (Fsp3) is 0.882. The van der Waals surface area contributed by atoms with Gasteiger partial charge in [-0.1, -0.05) is 40.2 Å². The zero-order valence-electron chi connectivity index (χ0n) is 13.4. The number of nitrogens with one attached hydrogen (secondary N) is 1. The summed E-state index contributed by atoms with van der Waals surface area (Å²) < 4.78 is 0. The minimum atomic E-state index is 0.801. The summed E-state index contributed by atoms with van der Waals surface area (Å²) in [4.78, 5) is 2.70. The zero-order chi connectivity index (χ0) is 14.1. The summed E-state index contributed by atoms with van der Waals surface area (Å²) >= 11 is 0. The SMILES string of the molecule is C=C(CNCCC)CN(CCC(C)C)C1CCCC1. The summed E-state index contributed by atoms with van der Waals surface area (Å²) in [6.45, 7) is 15.5. The van der Waals surface area contributed by atoms with Crippen molar-refractivity contribution in [2.75, 3.05) is 26.2 Å². The van der Waals surface area contributed by atoms with Crippen LogP contribution in [-0.4, -0.2) is 37.1 Å². The summed E-state index contributed by atoms with van der Waals surface area (Å²) in [7, 11) is 0. The summed E-state index contributed by atoms with van der Waals surface area (Å²) in [6, 6.07) is 0.821. The molecule has 0 bridgehead atoms. The standard InChI is InChI=1S/C17H34N2/c1-5-11-18-13-16(4)14-19(12-10-15(2)3)17-8-6-7-9-17/h15,17-18H,4-14H2,1-3H3. The number of hydrogen-bond acceptors (Lipinski definition) is 2. The van der Waals surface area contributed by atoms with E-state index >= 15 is 0 Å². The third-order valence-corrected chi connectivity index (χ3v) is 4.06. The maximum atomic E-state index is 4.26. The fourth-order valence-corrected chi connectivity index (χ4v) is 2.87. The molecule has 0 aliphatic heterocycles. The predicted molar refractivity (Wildman–Crippen MR) is 85.6 cm³/mol. The Hall–Kier alpha value is -0.340. The zero-order valence-corrected chi connectivity index (χ0v) is 13.4. The first kappa shape index (κ1) is 16.7. The van der Waals surface area contributed by atoms with E-state index < -0.39 is 0 Å². The highest BCUT2D eigenvalue weighted by Gasteiger charge is 2.22. The summed E-state index contributed by atoms with van der Waals surface area (Å²) in [6.07, 6.45) is 8.15. The van der Waals surface area contributed by atoms with E-state index in [1.54, 1.807) is 0 Å².